The highest BCUT2D eigenvalue weighted by Gasteiger charge is 2.14. The van der Waals surface area contributed by atoms with E-state index in [2.05, 4.69) is 24.9 Å². The minimum atomic E-state index is 0.232. The van der Waals surface area contributed by atoms with Crippen LogP contribution in [0.15, 0.2) is 22.0 Å². The molecule has 7 heteroatoms. The highest BCUT2D eigenvalue weighted by Crippen LogP contribution is 2.19. The molecule has 78 valence electrons. The van der Waals surface area contributed by atoms with E-state index < -0.39 is 0 Å². The first-order valence-electron chi connectivity index (χ1n) is 4.33. The molecule has 2 heterocycles. The lowest BCUT2D eigenvalue weighted by molar-refractivity contribution is 0.310. The third-order valence-corrected chi connectivity index (χ3v) is 1.90. The molecular weight excluding hydrogens is 196 g/mol. The maximum absolute atomic E-state index is 5.57. The molecule has 0 unspecified atom stereocenters. The fourth-order valence-corrected chi connectivity index (χ4v) is 1.19. The molecule has 2 N–H and O–H groups in total. The minimum absolute atomic E-state index is 0.232. The second-order valence-corrected chi connectivity index (χ2v) is 2.84. The molecule has 7 nitrogen and oxygen atoms in total. The average Bonchev–Trinajstić information content (AvgIpc) is 2.82. The normalized spacial score (nSPS) is 11.3. The minimum Gasteiger partial charge on any atom is -0.379 e. The molecule has 0 radical (unpaired) electrons. The molecule has 0 fully saturated rings. The van der Waals surface area contributed by atoms with Gasteiger partial charge >= 0.3 is 0 Å². The van der Waals surface area contributed by atoms with Crippen LogP contribution in [0, 0.1) is 0 Å². The van der Waals surface area contributed by atoms with Crippen molar-refractivity contribution in [1.82, 2.24) is 19.9 Å². The smallest absolute Gasteiger partial charge is 0.199 e. The Labute approximate surface area is 85.6 Å². The summed E-state index contributed by atoms with van der Waals surface area (Å²) in [5.41, 5.74) is 6.02. The summed E-state index contributed by atoms with van der Waals surface area (Å²) in [5, 5.41) is 7.19. The van der Waals surface area contributed by atoms with Crippen molar-refractivity contribution in [2.24, 2.45) is 4.99 Å². The molecule has 15 heavy (non-hydrogen) atoms. The van der Waals surface area contributed by atoms with Gasteiger partial charge < -0.3 is 10.3 Å². The Morgan fingerprint density at radius 2 is 2.47 bits per heavy atom. The number of anilines is 1. The van der Waals surface area contributed by atoms with Gasteiger partial charge in [-0.05, 0) is 10.3 Å². The van der Waals surface area contributed by atoms with Gasteiger partial charge in [-0.3, -0.25) is 4.99 Å². The molecule has 0 saturated carbocycles. The van der Waals surface area contributed by atoms with Gasteiger partial charge in [-0.1, -0.05) is 0 Å². The summed E-state index contributed by atoms with van der Waals surface area (Å²) >= 11 is 0. The van der Waals surface area contributed by atoms with Crippen LogP contribution < -0.4 is 5.73 Å². The van der Waals surface area contributed by atoms with Crippen molar-refractivity contribution in [3.05, 3.63) is 12.4 Å². The van der Waals surface area contributed by atoms with Crippen LogP contribution in [0.2, 0.25) is 0 Å². The first kappa shape index (κ1) is 9.38. The van der Waals surface area contributed by atoms with Crippen molar-refractivity contribution in [3.63, 3.8) is 0 Å². The van der Waals surface area contributed by atoms with Crippen molar-refractivity contribution < 1.29 is 4.63 Å². The zero-order chi connectivity index (χ0) is 10.7. The summed E-state index contributed by atoms with van der Waals surface area (Å²) in [6.45, 7) is 0.609. The molecule has 0 saturated heterocycles. The monoisotopic (exact) mass is 206 g/mol. The molecule has 0 bridgehead atoms. The van der Waals surface area contributed by atoms with E-state index in [0.29, 0.717) is 18.1 Å². The van der Waals surface area contributed by atoms with Gasteiger partial charge in [-0.2, -0.15) is 0 Å². The molecule has 0 aliphatic heterocycles. The van der Waals surface area contributed by atoms with E-state index in [1.807, 2.05) is 10.8 Å². The third kappa shape index (κ3) is 1.71. The molecule has 0 amide bonds. The van der Waals surface area contributed by atoms with Gasteiger partial charge in [0.25, 0.3) is 0 Å². The van der Waals surface area contributed by atoms with Crippen LogP contribution in [0.1, 0.15) is 0 Å². The topological polar surface area (TPSA) is 95.1 Å². The van der Waals surface area contributed by atoms with Crippen LogP contribution in [0.25, 0.3) is 11.5 Å². The van der Waals surface area contributed by atoms with Gasteiger partial charge in [-0.25, -0.2) is 9.61 Å². The van der Waals surface area contributed by atoms with Crippen LogP contribution in [0.4, 0.5) is 5.82 Å². The second-order valence-electron chi connectivity index (χ2n) is 2.84. The van der Waals surface area contributed by atoms with Crippen molar-refractivity contribution in [3.8, 4) is 11.5 Å². The summed E-state index contributed by atoms with van der Waals surface area (Å²) < 4.78 is 6.37. The third-order valence-electron chi connectivity index (χ3n) is 1.90. The molecule has 2 aromatic rings. The van der Waals surface area contributed by atoms with E-state index in [1.165, 1.54) is 0 Å². The molecular formula is C8H10N6O. The van der Waals surface area contributed by atoms with E-state index in [1.54, 1.807) is 19.5 Å². The Morgan fingerprint density at radius 3 is 3.13 bits per heavy atom. The number of imidazole rings is 1. The van der Waals surface area contributed by atoms with Crippen molar-refractivity contribution in [2.75, 3.05) is 12.8 Å². The zero-order valence-electron chi connectivity index (χ0n) is 8.16. The zero-order valence-corrected chi connectivity index (χ0v) is 8.16. The number of hydrogen-bond donors (Lipinski definition) is 1. The molecule has 0 aliphatic rings. The molecule has 0 spiro atoms. The molecule has 2 rings (SSSR count). The SMILES string of the molecule is CN=CCn1ccnc1-c1nonc1N. The number of aliphatic imine (C=N–C) groups is 1. The summed E-state index contributed by atoms with van der Waals surface area (Å²) in [5.74, 6) is 0.851. The van der Waals surface area contributed by atoms with Crippen LogP contribution in [-0.2, 0) is 6.54 Å². The van der Waals surface area contributed by atoms with E-state index in [9.17, 15) is 0 Å². The van der Waals surface area contributed by atoms with Gasteiger partial charge in [0.2, 0.25) is 0 Å². The lowest BCUT2D eigenvalue weighted by Gasteiger charge is -2.00. The predicted molar refractivity (Wildman–Crippen MR) is 54.3 cm³/mol. The second kappa shape index (κ2) is 3.91. The fourth-order valence-electron chi connectivity index (χ4n) is 1.19. The largest absolute Gasteiger partial charge is 0.379 e. The Bertz CT molecular complexity index is 471. The number of nitrogen functional groups attached to an aromatic ring is 1. The molecule has 0 aromatic carbocycles. The number of hydrogen-bond acceptors (Lipinski definition) is 6. The maximum Gasteiger partial charge on any atom is 0.199 e. The van der Waals surface area contributed by atoms with E-state index in [0.717, 1.165) is 0 Å². The highest BCUT2D eigenvalue weighted by molar-refractivity contribution is 5.64. The van der Waals surface area contributed by atoms with Crippen LogP contribution >= 0.6 is 0 Å². The van der Waals surface area contributed by atoms with E-state index in [-0.39, 0.29) is 5.82 Å². The van der Waals surface area contributed by atoms with Gasteiger partial charge in [0.15, 0.2) is 17.3 Å². The van der Waals surface area contributed by atoms with Crippen molar-refractivity contribution in [1.29, 1.82) is 0 Å². The molecule has 0 aliphatic carbocycles. The predicted octanol–water partition coefficient (Wildman–Crippen LogP) is 0.216. The van der Waals surface area contributed by atoms with Gasteiger partial charge in [0.05, 0.1) is 6.54 Å². The highest BCUT2D eigenvalue weighted by atomic mass is 16.6. The Hall–Kier alpha value is -2.18. The van der Waals surface area contributed by atoms with Crippen molar-refractivity contribution >= 4 is 12.0 Å². The van der Waals surface area contributed by atoms with Crippen LogP contribution in [-0.4, -0.2) is 33.1 Å². The Balaban J connectivity index is 2.37. The molecule has 2 aromatic heterocycles. The fraction of sp³-hybridized carbons (Fsp3) is 0.250. The summed E-state index contributed by atoms with van der Waals surface area (Å²) in [6, 6.07) is 0. The van der Waals surface area contributed by atoms with Gasteiger partial charge in [0.1, 0.15) is 0 Å². The summed E-state index contributed by atoms with van der Waals surface area (Å²) in [4.78, 5) is 8.02. The first-order chi connectivity index (χ1) is 7.33. The average molecular weight is 206 g/mol. The Kier molecular flexibility index (Phi) is 2.44. The standard InChI is InChI=1S/C8H10N6O/c1-10-2-4-14-5-3-11-8(14)6-7(9)13-15-12-6/h2-3,5H,4H2,1H3,(H2,9,13). The number of aromatic nitrogens is 4. The number of nitrogens with two attached hydrogens (primary N) is 1. The quantitative estimate of drug-likeness (QED) is 0.724. The number of nitrogens with zero attached hydrogens (tertiary/aromatic N) is 5. The molecule has 0 atom stereocenters. The van der Waals surface area contributed by atoms with Gasteiger partial charge in [-0.15, -0.1) is 0 Å². The van der Waals surface area contributed by atoms with Crippen LogP contribution in [0.3, 0.4) is 0 Å². The number of rotatable bonds is 3. The van der Waals surface area contributed by atoms with E-state index >= 15 is 0 Å². The van der Waals surface area contributed by atoms with Gasteiger partial charge in [0, 0.05) is 25.7 Å². The maximum atomic E-state index is 5.57. The van der Waals surface area contributed by atoms with E-state index in [4.69, 9.17) is 5.73 Å². The Morgan fingerprint density at radius 1 is 1.60 bits per heavy atom. The lowest BCUT2D eigenvalue weighted by Crippen LogP contribution is -2.02. The lowest BCUT2D eigenvalue weighted by atomic mass is 10.4. The van der Waals surface area contributed by atoms with Crippen molar-refractivity contribution in [2.45, 2.75) is 6.54 Å². The first-order valence-corrected chi connectivity index (χ1v) is 4.33. The summed E-state index contributed by atoms with van der Waals surface area (Å²) in [7, 11) is 1.71. The summed E-state index contributed by atoms with van der Waals surface area (Å²) in [6.07, 6.45) is 5.23. The van der Waals surface area contributed by atoms with Crippen LogP contribution in [0.5, 0.6) is 0 Å².